The van der Waals surface area contributed by atoms with Gasteiger partial charge in [0, 0.05) is 0 Å². The Morgan fingerprint density at radius 1 is 1.27 bits per heavy atom. The molecule has 62 valence electrons. The zero-order valence-corrected chi connectivity index (χ0v) is 6.24. The third kappa shape index (κ3) is 1.17. The van der Waals surface area contributed by atoms with E-state index in [9.17, 15) is 4.79 Å². The van der Waals surface area contributed by atoms with E-state index < -0.39 is 0 Å². The van der Waals surface area contributed by atoms with Crippen molar-refractivity contribution < 1.29 is 4.79 Å². The smallest absolute Gasteiger partial charge is 0.317 e. The first-order chi connectivity index (χ1) is 5.31. The summed E-state index contributed by atoms with van der Waals surface area (Å²) in [5, 5.41) is 6.10. The van der Waals surface area contributed by atoms with Gasteiger partial charge in [-0.05, 0) is 25.9 Å². The van der Waals surface area contributed by atoms with Crippen molar-refractivity contribution in [3.8, 4) is 0 Å². The van der Waals surface area contributed by atoms with Crippen molar-refractivity contribution >= 4 is 6.03 Å². The third-order valence-electron chi connectivity index (χ3n) is 2.23. The average Bonchev–Trinajstić information content (AvgIpc) is 2.34. The van der Waals surface area contributed by atoms with Crippen molar-refractivity contribution in [2.45, 2.75) is 18.5 Å². The summed E-state index contributed by atoms with van der Waals surface area (Å²) in [5.74, 6) is 0. The zero-order valence-electron chi connectivity index (χ0n) is 6.24. The van der Waals surface area contributed by atoms with Gasteiger partial charge in [-0.1, -0.05) is 0 Å². The number of hydrazine groups is 1. The van der Waals surface area contributed by atoms with E-state index in [0.29, 0.717) is 0 Å². The lowest BCUT2D eigenvalue weighted by molar-refractivity contribution is 0.228. The van der Waals surface area contributed by atoms with E-state index in [1.807, 2.05) is 0 Å². The highest BCUT2D eigenvalue weighted by atomic mass is 16.2. The van der Waals surface area contributed by atoms with E-state index in [2.05, 4.69) is 21.5 Å². The number of hydrogen-bond acceptors (Lipinski definition) is 3. The first-order valence-electron chi connectivity index (χ1n) is 3.87. The van der Waals surface area contributed by atoms with Gasteiger partial charge in [-0.25, -0.2) is 10.2 Å². The van der Waals surface area contributed by atoms with Crippen LogP contribution in [0.5, 0.6) is 0 Å². The fourth-order valence-corrected chi connectivity index (χ4v) is 1.56. The Hall–Kier alpha value is -0.810. The summed E-state index contributed by atoms with van der Waals surface area (Å²) in [6.45, 7) is 1.91. The van der Waals surface area contributed by atoms with E-state index >= 15 is 0 Å². The molecule has 2 rings (SSSR count). The van der Waals surface area contributed by atoms with Crippen LogP contribution in [0.4, 0.5) is 4.79 Å². The van der Waals surface area contributed by atoms with Crippen LogP contribution in [0.2, 0.25) is 0 Å². The Bertz CT molecular complexity index is 175. The topological polar surface area (TPSA) is 65.2 Å². The molecule has 0 aromatic heterocycles. The highest BCUT2D eigenvalue weighted by Gasteiger charge is 2.37. The lowest BCUT2D eigenvalue weighted by atomic mass is 10.00. The molecule has 0 unspecified atom stereocenters. The van der Waals surface area contributed by atoms with Crippen LogP contribution in [-0.2, 0) is 0 Å². The Labute approximate surface area is 64.9 Å². The van der Waals surface area contributed by atoms with E-state index in [0.717, 1.165) is 25.9 Å². The van der Waals surface area contributed by atoms with Crippen LogP contribution in [0.1, 0.15) is 12.8 Å². The normalized spacial score (nSPS) is 28.2. The fourth-order valence-electron chi connectivity index (χ4n) is 1.56. The maximum atomic E-state index is 10.8. The molecule has 0 aromatic rings. The predicted molar refractivity (Wildman–Crippen MR) is 39.6 cm³/mol. The molecule has 4 N–H and O–H groups in total. The summed E-state index contributed by atoms with van der Waals surface area (Å²) in [4.78, 5) is 10.8. The van der Waals surface area contributed by atoms with Gasteiger partial charge in [0.15, 0.2) is 0 Å². The maximum Gasteiger partial charge on any atom is 0.330 e. The summed E-state index contributed by atoms with van der Waals surface area (Å²) in [6, 6.07) is -0.119. The number of amides is 2. The molecule has 5 nitrogen and oxygen atoms in total. The standard InChI is InChI=1S/C6H12N4O/c11-5-8-6(10-9-5)1-3-7-4-2-6/h7,10H,1-4H2,(H2,8,9,11). The number of carbonyl (C=O) groups excluding carboxylic acids is 1. The van der Waals surface area contributed by atoms with Crippen molar-refractivity contribution in [2.24, 2.45) is 0 Å². The van der Waals surface area contributed by atoms with Gasteiger partial charge in [0.25, 0.3) is 0 Å². The summed E-state index contributed by atoms with van der Waals surface area (Å²) in [6.07, 6.45) is 1.87. The summed E-state index contributed by atoms with van der Waals surface area (Å²) < 4.78 is 0. The molecule has 2 fully saturated rings. The highest BCUT2D eigenvalue weighted by molar-refractivity contribution is 5.76. The Kier molecular flexibility index (Phi) is 1.47. The molecule has 2 aliphatic heterocycles. The lowest BCUT2D eigenvalue weighted by Gasteiger charge is -2.32. The van der Waals surface area contributed by atoms with Crippen LogP contribution in [0, 0.1) is 0 Å². The number of nitrogens with one attached hydrogen (secondary N) is 4. The van der Waals surface area contributed by atoms with Crippen molar-refractivity contribution in [3.05, 3.63) is 0 Å². The molecule has 5 heteroatoms. The molecule has 2 heterocycles. The molecular formula is C6H12N4O. The summed E-state index contributed by atoms with van der Waals surface area (Å²) in [7, 11) is 0. The largest absolute Gasteiger partial charge is 0.330 e. The Morgan fingerprint density at radius 3 is 2.55 bits per heavy atom. The first kappa shape index (κ1) is 6.87. The van der Waals surface area contributed by atoms with Gasteiger partial charge in [0.1, 0.15) is 5.66 Å². The SMILES string of the molecule is O=C1NNC2(CCNCC2)N1. The molecule has 0 bridgehead atoms. The van der Waals surface area contributed by atoms with Crippen LogP contribution < -0.4 is 21.5 Å². The van der Waals surface area contributed by atoms with Gasteiger partial charge in [-0.3, -0.25) is 5.43 Å². The van der Waals surface area contributed by atoms with E-state index in [1.165, 1.54) is 0 Å². The average molecular weight is 156 g/mol. The van der Waals surface area contributed by atoms with E-state index in [-0.39, 0.29) is 11.7 Å². The summed E-state index contributed by atoms with van der Waals surface area (Å²) in [5.41, 5.74) is 5.35. The Morgan fingerprint density at radius 2 is 2.00 bits per heavy atom. The monoisotopic (exact) mass is 156 g/mol. The minimum Gasteiger partial charge on any atom is -0.317 e. The minimum absolute atomic E-state index is 0.119. The van der Waals surface area contributed by atoms with Gasteiger partial charge in [-0.2, -0.15) is 0 Å². The molecule has 2 aliphatic rings. The number of hydrogen-bond donors (Lipinski definition) is 4. The van der Waals surface area contributed by atoms with Gasteiger partial charge >= 0.3 is 6.03 Å². The van der Waals surface area contributed by atoms with Gasteiger partial charge in [0.2, 0.25) is 0 Å². The third-order valence-corrected chi connectivity index (χ3v) is 2.23. The highest BCUT2D eigenvalue weighted by Crippen LogP contribution is 2.15. The molecule has 11 heavy (non-hydrogen) atoms. The maximum absolute atomic E-state index is 10.8. The summed E-state index contributed by atoms with van der Waals surface area (Å²) >= 11 is 0. The minimum atomic E-state index is -0.178. The first-order valence-corrected chi connectivity index (χ1v) is 3.87. The van der Waals surface area contributed by atoms with Crippen LogP contribution in [0.15, 0.2) is 0 Å². The second-order valence-corrected chi connectivity index (χ2v) is 3.04. The molecule has 0 radical (unpaired) electrons. The number of rotatable bonds is 0. The fraction of sp³-hybridized carbons (Fsp3) is 0.833. The molecule has 0 aliphatic carbocycles. The number of urea groups is 1. The quantitative estimate of drug-likeness (QED) is 0.359. The van der Waals surface area contributed by atoms with Crippen LogP contribution >= 0.6 is 0 Å². The van der Waals surface area contributed by atoms with Crippen molar-refractivity contribution in [1.82, 2.24) is 21.5 Å². The Balaban J connectivity index is 2.03. The van der Waals surface area contributed by atoms with Gasteiger partial charge < -0.3 is 10.6 Å². The van der Waals surface area contributed by atoms with Crippen LogP contribution in [0.3, 0.4) is 0 Å². The van der Waals surface area contributed by atoms with Crippen LogP contribution in [0.25, 0.3) is 0 Å². The van der Waals surface area contributed by atoms with Gasteiger partial charge in [0.05, 0.1) is 0 Å². The van der Waals surface area contributed by atoms with Gasteiger partial charge in [-0.15, -0.1) is 0 Å². The number of piperidine rings is 1. The van der Waals surface area contributed by atoms with E-state index in [4.69, 9.17) is 0 Å². The molecule has 0 atom stereocenters. The second kappa shape index (κ2) is 2.35. The molecular weight excluding hydrogens is 144 g/mol. The lowest BCUT2D eigenvalue weighted by Crippen LogP contribution is -2.56. The zero-order chi connectivity index (χ0) is 7.73. The van der Waals surface area contributed by atoms with E-state index in [1.54, 1.807) is 0 Å². The number of carbonyl (C=O) groups is 1. The molecule has 1 spiro atoms. The molecule has 2 saturated heterocycles. The predicted octanol–water partition coefficient (Wildman–Crippen LogP) is -1.12. The van der Waals surface area contributed by atoms with Crippen molar-refractivity contribution in [2.75, 3.05) is 13.1 Å². The second-order valence-electron chi connectivity index (χ2n) is 3.04. The molecule has 2 amide bonds. The van der Waals surface area contributed by atoms with Crippen molar-refractivity contribution in [3.63, 3.8) is 0 Å². The molecule has 0 saturated carbocycles. The van der Waals surface area contributed by atoms with Crippen LogP contribution in [-0.4, -0.2) is 24.8 Å². The van der Waals surface area contributed by atoms with Crippen molar-refractivity contribution in [1.29, 1.82) is 0 Å². The molecule has 0 aromatic carbocycles.